The molecule has 0 radical (unpaired) electrons. The highest BCUT2D eigenvalue weighted by atomic mass is 16.6. The van der Waals surface area contributed by atoms with Crippen LogP contribution in [-0.4, -0.2) is 58.6 Å². The molecule has 1 saturated heterocycles. The summed E-state index contributed by atoms with van der Waals surface area (Å²) in [4.78, 5) is 16.1. The maximum atomic E-state index is 11.3. The van der Waals surface area contributed by atoms with Crippen LogP contribution in [0.3, 0.4) is 0 Å². The number of aromatic nitrogens is 1. The molecule has 1 fully saturated rings. The van der Waals surface area contributed by atoms with Gasteiger partial charge in [-0.05, 0) is 37.1 Å². The van der Waals surface area contributed by atoms with Gasteiger partial charge in [0.05, 0.1) is 4.92 Å². The third-order valence-electron chi connectivity index (χ3n) is 7.01. The highest BCUT2D eigenvalue weighted by Gasteiger charge is 2.16. The van der Waals surface area contributed by atoms with E-state index in [1.165, 1.54) is 5.56 Å². The van der Waals surface area contributed by atoms with E-state index in [-0.39, 0.29) is 10.6 Å². The van der Waals surface area contributed by atoms with Gasteiger partial charge in [-0.25, -0.2) is 0 Å². The predicted octanol–water partition coefficient (Wildman–Crippen LogP) is 5.81. The lowest BCUT2D eigenvalue weighted by molar-refractivity contribution is -0.384. The van der Waals surface area contributed by atoms with Gasteiger partial charge in [-0.1, -0.05) is 60.7 Å². The summed E-state index contributed by atoms with van der Waals surface area (Å²) in [6, 6.07) is 23.9. The van der Waals surface area contributed by atoms with E-state index in [9.17, 15) is 10.1 Å². The van der Waals surface area contributed by atoms with Crippen molar-refractivity contribution in [3.63, 3.8) is 0 Å². The molecule has 0 bridgehead atoms. The maximum Gasteiger partial charge on any atom is 0.270 e. The molecule has 0 saturated carbocycles. The van der Waals surface area contributed by atoms with Crippen molar-refractivity contribution in [2.75, 3.05) is 39.3 Å². The Morgan fingerprint density at radius 1 is 0.771 bits per heavy atom. The molecule has 0 N–H and O–H groups in total. The topological polar surface area (TPSA) is 54.6 Å². The van der Waals surface area contributed by atoms with Gasteiger partial charge in [0.15, 0.2) is 0 Å². The van der Waals surface area contributed by atoms with Gasteiger partial charge >= 0.3 is 0 Å². The average molecular weight is 469 g/mol. The molecule has 180 valence electrons. The van der Waals surface area contributed by atoms with Gasteiger partial charge in [-0.2, -0.15) is 0 Å². The Balaban J connectivity index is 1.12. The van der Waals surface area contributed by atoms with Crippen molar-refractivity contribution in [2.45, 2.75) is 19.4 Å². The Kier molecular flexibility index (Phi) is 7.21. The largest absolute Gasteiger partial charge is 0.340 e. The quantitative estimate of drug-likeness (QED) is 0.177. The minimum Gasteiger partial charge on any atom is -0.340 e. The summed E-state index contributed by atoms with van der Waals surface area (Å²) in [5, 5.41) is 13.3. The van der Waals surface area contributed by atoms with Gasteiger partial charge in [-0.15, -0.1) is 0 Å². The van der Waals surface area contributed by atoms with E-state index in [4.69, 9.17) is 0 Å². The van der Waals surface area contributed by atoms with E-state index in [1.807, 2.05) is 24.3 Å². The molecule has 0 amide bonds. The van der Waals surface area contributed by atoms with Crippen molar-refractivity contribution in [1.29, 1.82) is 0 Å². The normalized spacial score (nSPS) is 15.4. The zero-order chi connectivity index (χ0) is 24.0. The van der Waals surface area contributed by atoms with Crippen LogP contribution in [0.25, 0.3) is 27.9 Å². The van der Waals surface area contributed by atoms with Crippen molar-refractivity contribution in [1.82, 2.24) is 14.4 Å². The number of benzene rings is 3. The smallest absolute Gasteiger partial charge is 0.270 e. The van der Waals surface area contributed by atoms with Crippen LogP contribution >= 0.6 is 0 Å². The SMILES string of the molecule is O=[N+]([O-])c1ccc2c(c1)c1ccccc1n2CCCCN1CCN(C/C=C/c2ccccc2)CC1. The lowest BCUT2D eigenvalue weighted by atomic mass is 10.1. The standard InChI is InChI=1S/C29H32N4O2/c34-33(35)25-14-15-29-27(23-25)26-12-4-5-13-28(26)32(29)18-7-6-16-30-19-21-31(22-20-30)17-8-11-24-9-2-1-3-10-24/h1-5,8-15,23H,6-7,16-22H2/b11-8+. The fourth-order valence-corrected chi connectivity index (χ4v) is 5.10. The monoisotopic (exact) mass is 468 g/mol. The highest BCUT2D eigenvalue weighted by Crippen LogP contribution is 2.32. The lowest BCUT2D eigenvalue weighted by Gasteiger charge is -2.34. The maximum absolute atomic E-state index is 11.3. The van der Waals surface area contributed by atoms with E-state index >= 15 is 0 Å². The number of piperazine rings is 1. The molecule has 35 heavy (non-hydrogen) atoms. The van der Waals surface area contributed by atoms with Crippen LogP contribution < -0.4 is 0 Å². The molecule has 0 unspecified atom stereocenters. The Labute approximate surface area is 206 Å². The molecular weight excluding hydrogens is 436 g/mol. The number of unbranched alkanes of at least 4 members (excludes halogenated alkanes) is 1. The number of nitrogens with zero attached hydrogens (tertiary/aromatic N) is 4. The molecule has 1 aliphatic heterocycles. The Morgan fingerprint density at radius 3 is 2.26 bits per heavy atom. The van der Waals surface area contributed by atoms with E-state index < -0.39 is 0 Å². The number of non-ortho nitro benzene ring substituents is 1. The fourth-order valence-electron chi connectivity index (χ4n) is 5.10. The Bertz CT molecular complexity index is 1320. The van der Waals surface area contributed by atoms with E-state index in [0.717, 1.165) is 80.5 Å². The predicted molar refractivity (Wildman–Crippen MR) is 144 cm³/mol. The molecule has 1 aromatic heterocycles. The minimum atomic E-state index is -0.315. The molecule has 6 nitrogen and oxygen atoms in total. The van der Waals surface area contributed by atoms with Gasteiger partial charge in [0.25, 0.3) is 5.69 Å². The molecule has 0 aliphatic carbocycles. The van der Waals surface area contributed by atoms with Crippen LogP contribution in [-0.2, 0) is 6.54 Å². The van der Waals surface area contributed by atoms with Crippen LogP contribution in [0.5, 0.6) is 0 Å². The minimum absolute atomic E-state index is 0.148. The van der Waals surface area contributed by atoms with Crippen LogP contribution in [0.4, 0.5) is 5.69 Å². The Hall–Kier alpha value is -3.48. The third-order valence-corrected chi connectivity index (χ3v) is 7.01. The number of fused-ring (bicyclic) bond motifs is 3. The summed E-state index contributed by atoms with van der Waals surface area (Å²) < 4.78 is 2.32. The first kappa shape index (κ1) is 23.3. The average Bonchev–Trinajstić information content (AvgIpc) is 3.21. The summed E-state index contributed by atoms with van der Waals surface area (Å²) in [6.07, 6.45) is 6.71. The van der Waals surface area contributed by atoms with Crippen molar-refractivity contribution in [3.05, 3.63) is 94.6 Å². The van der Waals surface area contributed by atoms with Crippen molar-refractivity contribution in [3.8, 4) is 0 Å². The number of para-hydroxylation sites is 1. The van der Waals surface area contributed by atoms with Crippen molar-refractivity contribution < 1.29 is 4.92 Å². The van der Waals surface area contributed by atoms with Gasteiger partial charge in [-0.3, -0.25) is 15.0 Å². The second kappa shape index (κ2) is 10.8. The van der Waals surface area contributed by atoms with Crippen LogP contribution in [0, 0.1) is 10.1 Å². The summed E-state index contributed by atoms with van der Waals surface area (Å²) in [5.41, 5.74) is 3.64. The van der Waals surface area contributed by atoms with Crippen molar-refractivity contribution in [2.24, 2.45) is 0 Å². The summed E-state index contributed by atoms with van der Waals surface area (Å²) >= 11 is 0. The third kappa shape index (κ3) is 5.45. The van der Waals surface area contributed by atoms with Gasteiger partial charge in [0.2, 0.25) is 0 Å². The first-order chi connectivity index (χ1) is 17.2. The van der Waals surface area contributed by atoms with Crippen LogP contribution in [0.15, 0.2) is 78.9 Å². The van der Waals surface area contributed by atoms with E-state index in [0.29, 0.717) is 0 Å². The van der Waals surface area contributed by atoms with Gasteiger partial charge in [0, 0.05) is 73.2 Å². The number of hydrogen-bond acceptors (Lipinski definition) is 4. The molecule has 4 aromatic rings. The zero-order valence-electron chi connectivity index (χ0n) is 20.1. The molecule has 1 aliphatic rings. The lowest BCUT2D eigenvalue weighted by Crippen LogP contribution is -2.46. The van der Waals surface area contributed by atoms with Gasteiger partial charge in [0.1, 0.15) is 0 Å². The molecule has 0 spiro atoms. The number of rotatable bonds is 9. The number of nitro groups is 1. The number of nitro benzene ring substituents is 1. The van der Waals surface area contributed by atoms with Crippen LogP contribution in [0.1, 0.15) is 18.4 Å². The molecule has 6 heteroatoms. The molecule has 0 atom stereocenters. The molecule has 2 heterocycles. The summed E-state index contributed by atoms with van der Waals surface area (Å²) in [7, 11) is 0. The van der Waals surface area contributed by atoms with Crippen LogP contribution in [0.2, 0.25) is 0 Å². The highest BCUT2D eigenvalue weighted by molar-refractivity contribution is 6.08. The zero-order valence-corrected chi connectivity index (χ0v) is 20.1. The first-order valence-electron chi connectivity index (χ1n) is 12.5. The first-order valence-corrected chi connectivity index (χ1v) is 12.5. The summed E-state index contributed by atoms with van der Waals surface area (Å²) in [5.74, 6) is 0. The second-order valence-corrected chi connectivity index (χ2v) is 9.29. The number of aryl methyl sites for hydroxylation is 1. The van der Waals surface area contributed by atoms with E-state index in [1.54, 1.807) is 12.1 Å². The second-order valence-electron chi connectivity index (χ2n) is 9.29. The van der Waals surface area contributed by atoms with Crippen molar-refractivity contribution >= 4 is 33.6 Å². The molecular formula is C29H32N4O2. The van der Waals surface area contributed by atoms with E-state index in [2.05, 4.69) is 62.9 Å². The Morgan fingerprint density at radius 2 is 1.46 bits per heavy atom. The fraction of sp³-hybridized carbons (Fsp3) is 0.310. The molecule has 5 rings (SSSR count). The summed E-state index contributed by atoms with van der Waals surface area (Å²) in [6.45, 7) is 7.53. The number of hydrogen-bond donors (Lipinski definition) is 0. The molecule has 3 aromatic carbocycles. The van der Waals surface area contributed by atoms with Gasteiger partial charge < -0.3 is 9.47 Å².